The molecule has 0 radical (unpaired) electrons. The van der Waals surface area contributed by atoms with E-state index in [1.807, 2.05) is 24.5 Å². The number of benzene rings is 1. The smallest absolute Gasteiger partial charge is 0.0958 e. The van der Waals surface area contributed by atoms with Gasteiger partial charge < -0.3 is 15.0 Å². The predicted molar refractivity (Wildman–Crippen MR) is 81.0 cm³/mol. The lowest BCUT2D eigenvalue weighted by Gasteiger charge is -2.29. The van der Waals surface area contributed by atoms with Gasteiger partial charge >= 0.3 is 0 Å². The lowest BCUT2D eigenvalue weighted by molar-refractivity contribution is 0.0909. The average molecular weight is 294 g/mol. The third kappa shape index (κ3) is 2.97. The summed E-state index contributed by atoms with van der Waals surface area (Å²) in [7, 11) is 0. The van der Waals surface area contributed by atoms with Gasteiger partial charge in [-0.25, -0.2) is 4.98 Å². The summed E-state index contributed by atoms with van der Waals surface area (Å²) in [5.41, 5.74) is 2.06. The van der Waals surface area contributed by atoms with E-state index in [9.17, 15) is 5.11 Å². The minimum Gasteiger partial charge on any atom is -0.392 e. The van der Waals surface area contributed by atoms with E-state index in [0.717, 1.165) is 54.8 Å². The van der Waals surface area contributed by atoms with Gasteiger partial charge in [-0.1, -0.05) is 11.6 Å². The molecule has 1 aromatic heterocycles. The van der Waals surface area contributed by atoms with Crippen molar-refractivity contribution in [3.63, 3.8) is 0 Å². The van der Waals surface area contributed by atoms with E-state index in [2.05, 4.69) is 14.9 Å². The molecule has 2 heterocycles. The van der Waals surface area contributed by atoms with E-state index in [1.54, 1.807) is 0 Å². The van der Waals surface area contributed by atoms with Crippen molar-refractivity contribution in [1.29, 1.82) is 0 Å². The average Bonchev–Trinajstić information content (AvgIpc) is 2.83. The zero-order chi connectivity index (χ0) is 13.9. The van der Waals surface area contributed by atoms with Gasteiger partial charge in [0.1, 0.15) is 0 Å². The molecule has 0 amide bonds. The maximum absolute atomic E-state index is 9.94. The first-order valence-corrected chi connectivity index (χ1v) is 7.64. The SMILES string of the molecule is O[C@H]1CCCN[C@@H]1CCCn1cnc2ccc(Cl)cc21. The van der Waals surface area contributed by atoms with Crippen LogP contribution in [0.1, 0.15) is 25.7 Å². The Balaban J connectivity index is 1.61. The molecule has 0 aliphatic carbocycles. The summed E-state index contributed by atoms with van der Waals surface area (Å²) in [6.07, 6.45) is 5.67. The number of aliphatic hydroxyl groups excluding tert-OH is 1. The highest BCUT2D eigenvalue weighted by atomic mass is 35.5. The third-order valence-electron chi connectivity index (χ3n) is 4.04. The van der Waals surface area contributed by atoms with Gasteiger partial charge in [-0.3, -0.25) is 0 Å². The molecular weight excluding hydrogens is 274 g/mol. The number of halogens is 1. The molecule has 2 N–H and O–H groups in total. The van der Waals surface area contributed by atoms with Crippen molar-refractivity contribution in [1.82, 2.24) is 14.9 Å². The molecule has 2 aromatic rings. The van der Waals surface area contributed by atoms with Gasteiger partial charge in [0.05, 0.1) is 23.5 Å². The van der Waals surface area contributed by atoms with Gasteiger partial charge in [0.25, 0.3) is 0 Å². The second kappa shape index (κ2) is 6.12. The largest absolute Gasteiger partial charge is 0.392 e. The minimum atomic E-state index is -0.197. The van der Waals surface area contributed by atoms with E-state index in [4.69, 9.17) is 11.6 Å². The van der Waals surface area contributed by atoms with Crippen molar-refractivity contribution in [3.8, 4) is 0 Å². The Bertz CT molecular complexity index is 584. The number of piperidine rings is 1. The van der Waals surface area contributed by atoms with Crippen LogP contribution >= 0.6 is 11.6 Å². The molecular formula is C15H20ClN3O. The van der Waals surface area contributed by atoms with Gasteiger partial charge in [-0.15, -0.1) is 0 Å². The number of rotatable bonds is 4. The lowest BCUT2D eigenvalue weighted by Crippen LogP contribution is -2.44. The number of imidazole rings is 1. The predicted octanol–water partition coefficient (Wildman–Crippen LogP) is 2.58. The Morgan fingerprint density at radius 3 is 3.20 bits per heavy atom. The molecule has 1 fully saturated rings. The molecule has 1 aromatic carbocycles. The second-order valence-electron chi connectivity index (χ2n) is 5.48. The molecule has 2 atom stereocenters. The molecule has 1 aliphatic rings. The third-order valence-corrected chi connectivity index (χ3v) is 4.28. The molecule has 0 unspecified atom stereocenters. The van der Waals surface area contributed by atoms with Crippen LogP contribution in [0.4, 0.5) is 0 Å². The lowest BCUT2D eigenvalue weighted by atomic mass is 9.97. The molecule has 3 rings (SSSR count). The Labute approximate surface area is 123 Å². The molecule has 108 valence electrons. The number of aromatic nitrogens is 2. The van der Waals surface area contributed by atoms with Crippen molar-refractivity contribution in [2.24, 2.45) is 0 Å². The number of nitrogens with one attached hydrogen (secondary N) is 1. The van der Waals surface area contributed by atoms with Crippen LogP contribution in [0, 0.1) is 0 Å². The molecule has 1 aliphatic heterocycles. The van der Waals surface area contributed by atoms with Crippen molar-refractivity contribution in [2.75, 3.05) is 6.54 Å². The molecule has 4 nitrogen and oxygen atoms in total. The van der Waals surface area contributed by atoms with Crippen LogP contribution in [-0.4, -0.2) is 33.3 Å². The topological polar surface area (TPSA) is 50.1 Å². The molecule has 1 saturated heterocycles. The molecule has 5 heteroatoms. The van der Waals surface area contributed by atoms with Gasteiger partial charge in [0.15, 0.2) is 0 Å². The van der Waals surface area contributed by atoms with Crippen molar-refractivity contribution in [2.45, 2.75) is 44.4 Å². The van der Waals surface area contributed by atoms with Gasteiger partial charge in [0, 0.05) is 17.6 Å². The monoisotopic (exact) mass is 293 g/mol. The van der Waals surface area contributed by atoms with Crippen LogP contribution < -0.4 is 5.32 Å². The Hall–Kier alpha value is -1.10. The number of hydrogen-bond acceptors (Lipinski definition) is 3. The number of aryl methyl sites for hydroxylation is 1. The van der Waals surface area contributed by atoms with Crippen molar-refractivity contribution in [3.05, 3.63) is 29.5 Å². The quantitative estimate of drug-likeness (QED) is 0.911. The first-order chi connectivity index (χ1) is 9.74. The molecule has 0 bridgehead atoms. The summed E-state index contributed by atoms with van der Waals surface area (Å²) in [4.78, 5) is 4.38. The van der Waals surface area contributed by atoms with E-state index >= 15 is 0 Å². The number of nitrogens with zero attached hydrogens (tertiary/aromatic N) is 2. The summed E-state index contributed by atoms with van der Waals surface area (Å²) in [5, 5.41) is 14.1. The number of hydrogen-bond donors (Lipinski definition) is 2. The number of aliphatic hydroxyl groups is 1. The minimum absolute atomic E-state index is 0.197. The molecule has 20 heavy (non-hydrogen) atoms. The first-order valence-electron chi connectivity index (χ1n) is 7.26. The van der Waals surface area contributed by atoms with Crippen LogP contribution in [0.3, 0.4) is 0 Å². The zero-order valence-electron chi connectivity index (χ0n) is 11.4. The van der Waals surface area contributed by atoms with Crippen LogP contribution in [0.2, 0.25) is 5.02 Å². The molecule has 0 saturated carbocycles. The Kier molecular flexibility index (Phi) is 4.24. The maximum Gasteiger partial charge on any atom is 0.0958 e. The van der Waals surface area contributed by atoms with Crippen molar-refractivity contribution >= 4 is 22.6 Å². The fraction of sp³-hybridized carbons (Fsp3) is 0.533. The Morgan fingerprint density at radius 1 is 1.45 bits per heavy atom. The van der Waals surface area contributed by atoms with Gasteiger partial charge in [-0.2, -0.15) is 0 Å². The van der Waals surface area contributed by atoms with E-state index in [1.165, 1.54) is 0 Å². The highest BCUT2D eigenvalue weighted by molar-refractivity contribution is 6.31. The summed E-state index contributed by atoms with van der Waals surface area (Å²) in [6.45, 7) is 1.92. The first kappa shape index (κ1) is 13.9. The van der Waals surface area contributed by atoms with E-state index in [0.29, 0.717) is 0 Å². The van der Waals surface area contributed by atoms with Crippen LogP contribution in [-0.2, 0) is 6.54 Å². The van der Waals surface area contributed by atoms with E-state index in [-0.39, 0.29) is 12.1 Å². The highest BCUT2D eigenvalue weighted by Gasteiger charge is 2.21. The van der Waals surface area contributed by atoms with Crippen LogP contribution in [0.5, 0.6) is 0 Å². The fourth-order valence-corrected chi connectivity index (χ4v) is 3.09. The zero-order valence-corrected chi connectivity index (χ0v) is 12.2. The highest BCUT2D eigenvalue weighted by Crippen LogP contribution is 2.19. The number of fused-ring (bicyclic) bond motifs is 1. The van der Waals surface area contributed by atoms with Gasteiger partial charge in [0.2, 0.25) is 0 Å². The second-order valence-corrected chi connectivity index (χ2v) is 5.92. The summed E-state index contributed by atoms with van der Waals surface area (Å²) in [5.74, 6) is 0. The standard InChI is InChI=1S/C15H20ClN3O/c16-11-5-6-12-14(9-11)19(10-18-12)8-2-3-13-15(20)4-1-7-17-13/h5-6,9-10,13,15,17,20H,1-4,7-8H2/t13-,15+/m1/s1. The maximum atomic E-state index is 9.94. The van der Waals surface area contributed by atoms with E-state index < -0.39 is 0 Å². The summed E-state index contributed by atoms with van der Waals surface area (Å²) >= 11 is 6.04. The summed E-state index contributed by atoms with van der Waals surface area (Å²) in [6, 6.07) is 6.00. The normalized spacial score (nSPS) is 23.3. The fourth-order valence-electron chi connectivity index (χ4n) is 2.92. The van der Waals surface area contributed by atoms with Crippen molar-refractivity contribution < 1.29 is 5.11 Å². The Morgan fingerprint density at radius 2 is 2.35 bits per heavy atom. The summed E-state index contributed by atoms with van der Waals surface area (Å²) < 4.78 is 2.14. The van der Waals surface area contributed by atoms with Gasteiger partial charge in [-0.05, 0) is 50.4 Å². The van der Waals surface area contributed by atoms with Crippen LogP contribution in [0.15, 0.2) is 24.5 Å². The van der Waals surface area contributed by atoms with Crippen LogP contribution in [0.25, 0.3) is 11.0 Å². The molecule has 0 spiro atoms.